The molecular formula is C8H15NO2. The van der Waals surface area contributed by atoms with Gasteiger partial charge in [0.25, 0.3) is 0 Å². The van der Waals surface area contributed by atoms with E-state index in [4.69, 9.17) is 0 Å². The number of hydrogen-bond donors (Lipinski definition) is 0. The van der Waals surface area contributed by atoms with E-state index in [1.807, 2.05) is 0 Å². The average Bonchev–Trinajstić information content (AvgIpc) is 1.97. The Morgan fingerprint density at radius 3 is 2.55 bits per heavy atom. The molecule has 0 N–H and O–H groups in total. The highest BCUT2D eigenvalue weighted by Crippen LogP contribution is 2.05. The van der Waals surface area contributed by atoms with Crippen molar-refractivity contribution < 1.29 is 4.92 Å². The SMILES string of the molecule is CCCC/C=C(\CC)[N+](=O)[O-]. The van der Waals surface area contributed by atoms with Crippen LogP contribution < -0.4 is 0 Å². The highest BCUT2D eigenvalue weighted by Gasteiger charge is 2.04. The zero-order valence-electron chi connectivity index (χ0n) is 7.17. The standard InChI is InChI=1S/C8H15NO2/c1-3-5-6-7-8(4-2)9(10)11/h7H,3-6H2,1-2H3/b8-7+. The van der Waals surface area contributed by atoms with Crippen molar-refractivity contribution in [3.63, 3.8) is 0 Å². The van der Waals surface area contributed by atoms with Gasteiger partial charge < -0.3 is 0 Å². The van der Waals surface area contributed by atoms with Gasteiger partial charge in [0.2, 0.25) is 5.70 Å². The van der Waals surface area contributed by atoms with Gasteiger partial charge >= 0.3 is 0 Å². The smallest absolute Gasteiger partial charge is 0.242 e. The Morgan fingerprint density at radius 1 is 1.55 bits per heavy atom. The van der Waals surface area contributed by atoms with Crippen molar-refractivity contribution in [1.29, 1.82) is 0 Å². The number of unbranched alkanes of at least 4 members (excludes halogenated alkanes) is 2. The first-order valence-electron chi connectivity index (χ1n) is 4.05. The summed E-state index contributed by atoms with van der Waals surface area (Å²) in [5.74, 6) is 0. The van der Waals surface area contributed by atoms with Crippen LogP contribution >= 0.6 is 0 Å². The molecule has 3 nitrogen and oxygen atoms in total. The number of allylic oxidation sites excluding steroid dienone is 2. The van der Waals surface area contributed by atoms with Crippen LogP contribution in [0.15, 0.2) is 11.8 Å². The molecule has 0 heterocycles. The van der Waals surface area contributed by atoms with Crippen molar-refractivity contribution >= 4 is 0 Å². The normalized spacial score (nSPS) is 11.6. The molecule has 0 unspecified atom stereocenters. The zero-order valence-corrected chi connectivity index (χ0v) is 7.17. The number of hydrogen-bond acceptors (Lipinski definition) is 2. The Kier molecular flexibility index (Phi) is 5.43. The van der Waals surface area contributed by atoms with Crippen molar-refractivity contribution in [2.24, 2.45) is 0 Å². The number of nitro groups is 1. The lowest BCUT2D eigenvalue weighted by atomic mass is 10.2. The second-order valence-corrected chi connectivity index (χ2v) is 2.45. The van der Waals surface area contributed by atoms with E-state index in [0.29, 0.717) is 12.1 Å². The third-order valence-corrected chi connectivity index (χ3v) is 1.53. The molecule has 0 fully saturated rings. The third kappa shape index (κ3) is 4.53. The fourth-order valence-corrected chi connectivity index (χ4v) is 0.821. The van der Waals surface area contributed by atoms with Gasteiger partial charge in [0.1, 0.15) is 0 Å². The van der Waals surface area contributed by atoms with E-state index in [2.05, 4.69) is 6.92 Å². The Hall–Kier alpha value is -0.860. The van der Waals surface area contributed by atoms with Gasteiger partial charge in [-0.05, 0) is 18.9 Å². The predicted molar refractivity (Wildman–Crippen MR) is 44.9 cm³/mol. The molecule has 0 rings (SSSR count). The van der Waals surface area contributed by atoms with E-state index in [-0.39, 0.29) is 4.92 Å². The van der Waals surface area contributed by atoms with Crippen molar-refractivity contribution in [2.45, 2.75) is 39.5 Å². The van der Waals surface area contributed by atoms with Gasteiger partial charge in [-0.25, -0.2) is 0 Å². The summed E-state index contributed by atoms with van der Waals surface area (Å²) in [5, 5.41) is 10.3. The summed E-state index contributed by atoms with van der Waals surface area (Å²) >= 11 is 0. The first-order chi connectivity index (χ1) is 5.22. The van der Waals surface area contributed by atoms with E-state index >= 15 is 0 Å². The van der Waals surface area contributed by atoms with Crippen LogP contribution in [-0.4, -0.2) is 4.92 Å². The Bertz CT molecular complexity index is 152. The molecule has 0 aliphatic heterocycles. The molecule has 11 heavy (non-hydrogen) atoms. The molecule has 0 saturated heterocycles. The van der Waals surface area contributed by atoms with Crippen LogP contribution in [0.2, 0.25) is 0 Å². The molecule has 0 aromatic heterocycles. The van der Waals surface area contributed by atoms with E-state index in [9.17, 15) is 10.1 Å². The minimum Gasteiger partial charge on any atom is -0.259 e. The molecule has 64 valence electrons. The van der Waals surface area contributed by atoms with E-state index in [1.54, 1.807) is 13.0 Å². The summed E-state index contributed by atoms with van der Waals surface area (Å²) < 4.78 is 0. The quantitative estimate of drug-likeness (QED) is 0.350. The lowest BCUT2D eigenvalue weighted by molar-refractivity contribution is -0.427. The molecule has 0 amide bonds. The van der Waals surface area contributed by atoms with Crippen molar-refractivity contribution in [2.75, 3.05) is 0 Å². The van der Waals surface area contributed by atoms with Gasteiger partial charge in [-0.1, -0.05) is 20.3 Å². The fraction of sp³-hybridized carbons (Fsp3) is 0.750. The zero-order chi connectivity index (χ0) is 8.69. The highest BCUT2D eigenvalue weighted by molar-refractivity contribution is 4.89. The maximum Gasteiger partial charge on any atom is 0.242 e. The van der Waals surface area contributed by atoms with Gasteiger partial charge in [-0.2, -0.15) is 0 Å². The third-order valence-electron chi connectivity index (χ3n) is 1.53. The van der Waals surface area contributed by atoms with Crippen LogP contribution in [0.1, 0.15) is 39.5 Å². The van der Waals surface area contributed by atoms with Crippen LogP contribution in [0.4, 0.5) is 0 Å². The molecule has 0 aromatic carbocycles. The molecule has 0 bridgehead atoms. The lowest BCUT2D eigenvalue weighted by Crippen LogP contribution is -1.96. The van der Waals surface area contributed by atoms with E-state index in [0.717, 1.165) is 19.3 Å². The summed E-state index contributed by atoms with van der Waals surface area (Å²) in [4.78, 5) is 9.97. The fourth-order valence-electron chi connectivity index (χ4n) is 0.821. The summed E-state index contributed by atoms with van der Waals surface area (Å²) in [6.07, 6.45) is 5.21. The van der Waals surface area contributed by atoms with Gasteiger partial charge in [0, 0.05) is 6.42 Å². The molecule has 0 aliphatic carbocycles. The van der Waals surface area contributed by atoms with Crippen LogP contribution in [-0.2, 0) is 0 Å². The molecule has 0 spiro atoms. The number of rotatable bonds is 5. The summed E-state index contributed by atoms with van der Waals surface area (Å²) in [6.45, 7) is 3.88. The summed E-state index contributed by atoms with van der Waals surface area (Å²) in [5.41, 5.74) is 0.346. The molecular weight excluding hydrogens is 142 g/mol. The van der Waals surface area contributed by atoms with Crippen molar-refractivity contribution in [3.8, 4) is 0 Å². The van der Waals surface area contributed by atoms with Crippen molar-refractivity contribution in [3.05, 3.63) is 21.9 Å². The summed E-state index contributed by atoms with van der Waals surface area (Å²) in [6, 6.07) is 0. The predicted octanol–water partition coefficient (Wildman–Crippen LogP) is 2.75. The molecule has 0 saturated carbocycles. The van der Waals surface area contributed by atoms with Gasteiger partial charge in [-0.3, -0.25) is 10.1 Å². The summed E-state index contributed by atoms with van der Waals surface area (Å²) in [7, 11) is 0. The van der Waals surface area contributed by atoms with Crippen molar-refractivity contribution in [1.82, 2.24) is 0 Å². The van der Waals surface area contributed by atoms with Gasteiger partial charge in [-0.15, -0.1) is 0 Å². The van der Waals surface area contributed by atoms with E-state index < -0.39 is 0 Å². The molecule has 0 aromatic rings. The molecule has 0 radical (unpaired) electrons. The largest absolute Gasteiger partial charge is 0.259 e. The van der Waals surface area contributed by atoms with Crippen LogP contribution in [0.3, 0.4) is 0 Å². The molecule has 0 aliphatic rings. The first-order valence-corrected chi connectivity index (χ1v) is 4.05. The molecule has 0 atom stereocenters. The Balaban J connectivity index is 3.81. The average molecular weight is 157 g/mol. The second kappa shape index (κ2) is 5.89. The Morgan fingerprint density at radius 2 is 2.18 bits per heavy atom. The van der Waals surface area contributed by atoms with Crippen LogP contribution in [0.25, 0.3) is 0 Å². The first kappa shape index (κ1) is 10.1. The topological polar surface area (TPSA) is 43.1 Å². The second-order valence-electron chi connectivity index (χ2n) is 2.45. The monoisotopic (exact) mass is 157 g/mol. The number of nitrogens with zero attached hydrogens (tertiary/aromatic N) is 1. The van der Waals surface area contributed by atoms with Crippen LogP contribution in [0.5, 0.6) is 0 Å². The maximum atomic E-state index is 10.3. The van der Waals surface area contributed by atoms with E-state index in [1.165, 1.54) is 0 Å². The Labute approximate surface area is 67.3 Å². The van der Waals surface area contributed by atoms with Gasteiger partial charge in [0.05, 0.1) is 4.92 Å². The minimum atomic E-state index is -0.296. The van der Waals surface area contributed by atoms with Gasteiger partial charge in [0.15, 0.2) is 0 Å². The maximum absolute atomic E-state index is 10.3. The molecule has 3 heteroatoms. The highest BCUT2D eigenvalue weighted by atomic mass is 16.6. The lowest BCUT2D eigenvalue weighted by Gasteiger charge is -1.92. The minimum absolute atomic E-state index is 0.296. The van der Waals surface area contributed by atoms with Crippen LogP contribution in [0, 0.1) is 10.1 Å².